The van der Waals surface area contributed by atoms with Crippen LogP contribution < -0.4 is 9.47 Å². The number of carbonyl (C=O) groups is 2. The van der Waals surface area contributed by atoms with E-state index >= 15 is 0 Å². The standard InChI is InChI=1S/C15H12F3NO3.C14H10F3NO3/c1-21-13-7-12(14(20)22-2)19-8-11(13)9-3-5-10(6-4-9)15(16,17)18;1-21-12-6-11(13(19)20)18-7-10(12)8-2-4-9(5-3-8)14(15,16)17/h3-8H,1-2H3;2-7H,1H3,(H,19,20). The van der Waals surface area contributed by atoms with Crippen molar-refractivity contribution in [1.82, 2.24) is 9.97 Å². The summed E-state index contributed by atoms with van der Waals surface area (Å²) in [7, 11) is 3.96. The second-order valence-corrected chi connectivity index (χ2v) is 8.49. The lowest BCUT2D eigenvalue weighted by Crippen LogP contribution is -2.05. The van der Waals surface area contributed by atoms with Crippen LogP contribution in [0.5, 0.6) is 11.5 Å². The molecule has 0 atom stereocenters. The van der Waals surface area contributed by atoms with Crippen LogP contribution in [0, 0.1) is 0 Å². The van der Waals surface area contributed by atoms with Crippen LogP contribution in [-0.2, 0) is 17.1 Å². The van der Waals surface area contributed by atoms with Gasteiger partial charge in [0.05, 0.1) is 32.5 Å². The average molecular weight is 608 g/mol. The Morgan fingerprint density at radius 1 is 0.651 bits per heavy atom. The number of hydrogen-bond acceptors (Lipinski definition) is 7. The summed E-state index contributed by atoms with van der Waals surface area (Å²) in [6.45, 7) is 0. The molecule has 0 saturated carbocycles. The third kappa shape index (κ3) is 7.99. The van der Waals surface area contributed by atoms with Crippen molar-refractivity contribution in [2.45, 2.75) is 12.4 Å². The highest BCUT2D eigenvalue weighted by Crippen LogP contribution is 2.35. The predicted molar refractivity (Wildman–Crippen MR) is 141 cm³/mol. The minimum atomic E-state index is -4.41. The second-order valence-electron chi connectivity index (χ2n) is 8.49. The van der Waals surface area contributed by atoms with Crippen molar-refractivity contribution in [3.63, 3.8) is 0 Å². The zero-order valence-corrected chi connectivity index (χ0v) is 22.6. The summed E-state index contributed by atoms with van der Waals surface area (Å²) >= 11 is 0. The van der Waals surface area contributed by atoms with E-state index in [4.69, 9.17) is 14.6 Å². The van der Waals surface area contributed by atoms with E-state index in [1.807, 2.05) is 0 Å². The van der Waals surface area contributed by atoms with E-state index in [9.17, 15) is 35.9 Å². The molecular weight excluding hydrogens is 586 g/mol. The van der Waals surface area contributed by atoms with Crippen LogP contribution in [0.4, 0.5) is 26.3 Å². The number of rotatable bonds is 6. The number of aromatic carboxylic acids is 1. The molecule has 0 fully saturated rings. The molecule has 0 unspecified atom stereocenters. The van der Waals surface area contributed by atoms with E-state index in [-0.39, 0.29) is 17.1 Å². The molecule has 0 amide bonds. The third-order valence-corrected chi connectivity index (χ3v) is 5.83. The number of carbonyl (C=O) groups excluding carboxylic acids is 1. The molecule has 43 heavy (non-hydrogen) atoms. The molecular formula is C29H22F6N2O6. The summed E-state index contributed by atoms with van der Waals surface area (Å²) in [5.41, 5.74) is 0.172. The zero-order valence-electron chi connectivity index (χ0n) is 22.6. The van der Waals surface area contributed by atoms with Crippen LogP contribution in [0.3, 0.4) is 0 Å². The monoisotopic (exact) mass is 608 g/mol. The lowest BCUT2D eigenvalue weighted by Gasteiger charge is -2.11. The highest BCUT2D eigenvalue weighted by Gasteiger charge is 2.31. The first-order valence-corrected chi connectivity index (χ1v) is 11.9. The van der Waals surface area contributed by atoms with Crippen LogP contribution >= 0.6 is 0 Å². The summed E-state index contributed by atoms with van der Waals surface area (Å²) in [6.07, 6.45) is -6.19. The fourth-order valence-corrected chi connectivity index (χ4v) is 3.66. The quantitative estimate of drug-likeness (QED) is 0.184. The summed E-state index contributed by atoms with van der Waals surface area (Å²) in [6, 6.07) is 11.6. The van der Waals surface area contributed by atoms with Crippen molar-refractivity contribution in [2.24, 2.45) is 0 Å². The average Bonchev–Trinajstić information content (AvgIpc) is 2.99. The van der Waals surface area contributed by atoms with Crippen LogP contribution in [0.1, 0.15) is 32.1 Å². The highest BCUT2D eigenvalue weighted by molar-refractivity contribution is 5.89. The molecule has 0 aliphatic rings. The van der Waals surface area contributed by atoms with Gasteiger partial charge >= 0.3 is 24.3 Å². The van der Waals surface area contributed by atoms with Gasteiger partial charge in [0.15, 0.2) is 11.4 Å². The van der Waals surface area contributed by atoms with Crippen molar-refractivity contribution in [1.29, 1.82) is 0 Å². The maximum absolute atomic E-state index is 12.6. The van der Waals surface area contributed by atoms with Crippen LogP contribution in [-0.4, -0.2) is 48.3 Å². The molecule has 4 rings (SSSR count). The number of benzene rings is 2. The first-order chi connectivity index (χ1) is 20.2. The van der Waals surface area contributed by atoms with Crippen LogP contribution in [0.15, 0.2) is 73.1 Å². The SMILES string of the molecule is COC(=O)c1cc(OC)c(-c2ccc(C(F)(F)F)cc2)cn1.COc1cc(C(=O)O)ncc1-c1ccc(C(F)(F)F)cc1. The normalized spacial score (nSPS) is 11.2. The molecule has 0 bridgehead atoms. The number of carboxylic acid groups (broad SMARTS) is 1. The van der Waals surface area contributed by atoms with Gasteiger partial charge < -0.3 is 19.3 Å². The summed E-state index contributed by atoms with van der Waals surface area (Å²) in [4.78, 5) is 29.9. The summed E-state index contributed by atoms with van der Waals surface area (Å²) in [5.74, 6) is -1.30. The first-order valence-electron chi connectivity index (χ1n) is 11.9. The molecule has 2 aromatic heterocycles. The molecule has 0 aliphatic heterocycles. The van der Waals surface area contributed by atoms with Crippen molar-refractivity contribution >= 4 is 11.9 Å². The molecule has 2 aromatic carbocycles. The van der Waals surface area contributed by atoms with Crippen molar-refractivity contribution in [3.8, 4) is 33.8 Å². The number of halogens is 6. The Balaban J connectivity index is 0.000000236. The lowest BCUT2D eigenvalue weighted by molar-refractivity contribution is -0.138. The summed E-state index contributed by atoms with van der Waals surface area (Å²) in [5, 5.41) is 8.85. The largest absolute Gasteiger partial charge is 0.496 e. The van der Waals surface area contributed by atoms with Crippen LogP contribution in [0.2, 0.25) is 0 Å². The van der Waals surface area contributed by atoms with Gasteiger partial charge in [0, 0.05) is 35.7 Å². The molecule has 8 nitrogen and oxygen atoms in total. The smallest absolute Gasteiger partial charge is 0.416 e. The van der Waals surface area contributed by atoms with Gasteiger partial charge in [-0.25, -0.2) is 19.6 Å². The van der Waals surface area contributed by atoms with E-state index in [1.165, 1.54) is 70.1 Å². The maximum atomic E-state index is 12.6. The van der Waals surface area contributed by atoms with Gasteiger partial charge in [0.2, 0.25) is 0 Å². The maximum Gasteiger partial charge on any atom is 0.416 e. The molecule has 0 aliphatic carbocycles. The van der Waals surface area contributed by atoms with Gasteiger partial charge in [-0.1, -0.05) is 24.3 Å². The van der Waals surface area contributed by atoms with E-state index in [1.54, 1.807) is 0 Å². The minimum absolute atomic E-state index is 0.0509. The molecule has 2 heterocycles. The number of ether oxygens (including phenoxy) is 3. The fraction of sp³-hybridized carbons (Fsp3) is 0.172. The molecule has 0 spiro atoms. The molecule has 0 radical (unpaired) electrons. The highest BCUT2D eigenvalue weighted by atomic mass is 19.4. The van der Waals surface area contributed by atoms with Gasteiger partial charge in [0.25, 0.3) is 0 Å². The Kier molecular flexibility index (Phi) is 9.96. The van der Waals surface area contributed by atoms with Gasteiger partial charge in [-0.05, 0) is 35.4 Å². The van der Waals surface area contributed by atoms with Crippen LogP contribution in [0.25, 0.3) is 22.3 Å². The summed E-state index contributed by atoms with van der Waals surface area (Å²) < 4.78 is 90.0. The number of carboxylic acids is 1. The Morgan fingerprint density at radius 2 is 1.02 bits per heavy atom. The number of alkyl halides is 6. The molecule has 4 aromatic rings. The third-order valence-electron chi connectivity index (χ3n) is 5.83. The number of hydrogen-bond donors (Lipinski definition) is 1. The molecule has 0 saturated heterocycles. The predicted octanol–water partition coefficient (Wildman–Crippen LogP) is 7.04. The van der Waals surface area contributed by atoms with E-state index in [0.717, 1.165) is 24.3 Å². The van der Waals surface area contributed by atoms with Crippen molar-refractivity contribution < 1.29 is 55.2 Å². The second kappa shape index (κ2) is 13.2. The molecule has 14 heteroatoms. The Morgan fingerprint density at radius 3 is 1.35 bits per heavy atom. The number of aromatic nitrogens is 2. The Hall–Kier alpha value is -5.14. The van der Waals surface area contributed by atoms with Crippen molar-refractivity contribution in [3.05, 3.63) is 95.6 Å². The minimum Gasteiger partial charge on any atom is -0.496 e. The van der Waals surface area contributed by atoms with Gasteiger partial charge in [0.1, 0.15) is 11.5 Å². The zero-order chi connectivity index (χ0) is 31.9. The van der Waals surface area contributed by atoms with Crippen molar-refractivity contribution in [2.75, 3.05) is 21.3 Å². The number of pyridine rings is 2. The Bertz CT molecular complexity index is 1590. The van der Waals surface area contributed by atoms with E-state index in [2.05, 4.69) is 14.7 Å². The number of nitrogens with zero attached hydrogens (tertiary/aromatic N) is 2. The van der Waals surface area contributed by atoms with E-state index in [0.29, 0.717) is 28.0 Å². The number of methoxy groups -OCH3 is 3. The number of esters is 1. The molecule has 226 valence electrons. The first kappa shape index (κ1) is 32.4. The fourth-order valence-electron chi connectivity index (χ4n) is 3.66. The van der Waals surface area contributed by atoms with E-state index < -0.39 is 35.4 Å². The van der Waals surface area contributed by atoms with Gasteiger partial charge in [-0.2, -0.15) is 26.3 Å². The lowest BCUT2D eigenvalue weighted by atomic mass is 10.0. The Labute approximate surface area is 240 Å². The molecule has 1 N–H and O–H groups in total. The topological polar surface area (TPSA) is 108 Å². The van der Waals surface area contributed by atoms with Gasteiger partial charge in [-0.3, -0.25) is 0 Å². The van der Waals surface area contributed by atoms with Gasteiger partial charge in [-0.15, -0.1) is 0 Å².